The van der Waals surface area contributed by atoms with Crippen molar-refractivity contribution in [2.45, 2.75) is 122 Å². The first-order valence-corrected chi connectivity index (χ1v) is 12.1. The van der Waals surface area contributed by atoms with Gasteiger partial charge in [-0.15, -0.1) is 0 Å². The molecular formula is C24H42O7. The van der Waals surface area contributed by atoms with Gasteiger partial charge in [0.1, 0.15) is 6.10 Å². The van der Waals surface area contributed by atoms with Gasteiger partial charge in [0.05, 0.1) is 6.61 Å². The van der Waals surface area contributed by atoms with Crippen molar-refractivity contribution in [2.24, 2.45) is 0 Å². The summed E-state index contributed by atoms with van der Waals surface area (Å²) in [7, 11) is 0. The van der Waals surface area contributed by atoms with Crippen LogP contribution in [-0.4, -0.2) is 46.1 Å². The Balaban J connectivity index is 2.00. The monoisotopic (exact) mass is 442 g/mol. The number of aliphatic hydroxyl groups is 3. The summed E-state index contributed by atoms with van der Waals surface area (Å²) < 4.78 is 9.74. The topological polar surface area (TPSA) is 113 Å². The summed E-state index contributed by atoms with van der Waals surface area (Å²) >= 11 is 0. The first kappa shape index (κ1) is 27.4. The molecule has 1 aliphatic heterocycles. The molecule has 7 heteroatoms. The van der Waals surface area contributed by atoms with Crippen LogP contribution in [0.15, 0.2) is 11.5 Å². The van der Waals surface area contributed by atoms with Gasteiger partial charge >= 0.3 is 11.9 Å². The lowest BCUT2D eigenvalue weighted by Crippen LogP contribution is -2.33. The van der Waals surface area contributed by atoms with Gasteiger partial charge in [-0.3, -0.25) is 4.79 Å². The van der Waals surface area contributed by atoms with E-state index in [0.717, 1.165) is 19.3 Å². The van der Waals surface area contributed by atoms with Crippen molar-refractivity contribution >= 4 is 11.9 Å². The van der Waals surface area contributed by atoms with Gasteiger partial charge in [-0.2, -0.15) is 0 Å². The Labute approximate surface area is 186 Å². The third kappa shape index (κ3) is 11.5. The molecule has 0 amide bonds. The minimum Gasteiger partial charge on any atom is -0.499 e. The fraction of sp³-hybridized carbons (Fsp3) is 0.833. The van der Waals surface area contributed by atoms with Gasteiger partial charge in [-0.25, -0.2) is 4.79 Å². The van der Waals surface area contributed by atoms with E-state index in [1.807, 2.05) is 0 Å². The molecule has 1 heterocycles. The molecule has 0 aromatic heterocycles. The van der Waals surface area contributed by atoms with Gasteiger partial charge in [0.25, 0.3) is 0 Å². The number of rotatable bonds is 19. The van der Waals surface area contributed by atoms with Crippen molar-refractivity contribution in [2.75, 3.05) is 6.61 Å². The summed E-state index contributed by atoms with van der Waals surface area (Å²) in [5.74, 6) is -2.92. The zero-order chi connectivity index (χ0) is 22.9. The number of hydrogen-bond donors (Lipinski definition) is 3. The van der Waals surface area contributed by atoms with Crippen LogP contribution in [0, 0.1) is 0 Å². The lowest BCUT2D eigenvalue weighted by atomic mass is 10.0. The van der Waals surface area contributed by atoms with E-state index in [1.165, 1.54) is 70.6 Å². The van der Waals surface area contributed by atoms with E-state index in [1.54, 1.807) is 0 Å². The zero-order valence-electron chi connectivity index (χ0n) is 19.2. The van der Waals surface area contributed by atoms with E-state index < -0.39 is 42.3 Å². The second-order valence-electron chi connectivity index (χ2n) is 8.46. The highest BCUT2D eigenvalue weighted by atomic mass is 16.6. The number of esters is 2. The molecular weight excluding hydrogens is 400 g/mol. The van der Waals surface area contributed by atoms with Crippen LogP contribution in [0.4, 0.5) is 0 Å². The second-order valence-corrected chi connectivity index (χ2v) is 8.46. The zero-order valence-corrected chi connectivity index (χ0v) is 19.2. The van der Waals surface area contributed by atoms with E-state index in [-0.39, 0.29) is 6.42 Å². The Morgan fingerprint density at radius 2 is 1.35 bits per heavy atom. The average Bonchev–Trinajstić information content (AvgIpc) is 3.04. The van der Waals surface area contributed by atoms with Crippen LogP contribution < -0.4 is 0 Å². The highest BCUT2D eigenvalue weighted by Gasteiger charge is 2.41. The minimum atomic E-state index is -1.46. The molecule has 1 aliphatic rings. The molecule has 31 heavy (non-hydrogen) atoms. The normalized spacial score (nSPS) is 17.1. The fourth-order valence-electron chi connectivity index (χ4n) is 3.73. The molecule has 7 nitrogen and oxygen atoms in total. The van der Waals surface area contributed by atoms with Crippen LogP contribution in [0.3, 0.4) is 0 Å². The standard InChI is InChI=1S/C24H42O7/c1-2-3-4-5-6-7-8-9-10-11-12-13-14-15-16-17-20(27)30-23-21(28)24(29)31-22(23)19(26)18-25/h19,22,25-26,28H,2-18H2,1H3/t19-,22+/m0/s1. The quantitative estimate of drug-likeness (QED) is 0.194. The van der Waals surface area contributed by atoms with Gasteiger partial charge in [0.15, 0.2) is 6.10 Å². The maximum absolute atomic E-state index is 12.0. The molecule has 0 unspecified atom stereocenters. The van der Waals surface area contributed by atoms with Crippen LogP contribution in [0.25, 0.3) is 0 Å². The first-order valence-electron chi connectivity index (χ1n) is 12.1. The third-order valence-electron chi connectivity index (χ3n) is 5.66. The SMILES string of the molecule is CCCCCCCCCCCCCCCCCC(=O)OC1=C(O)C(=O)O[C@@H]1[C@@H](O)CO. The molecule has 0 aromatic carbocycles. The van der Waals surface area contributed by atoms with Gasteiger partial charge in [-0.05, 0) is 6.42 Å². The average molecular weight is 443 g/mol. The number of aliphatic hydroxyl groups excluding tert-OH is 3. The number of unbranched alkanes of at least 4 members (excludes halogenated alkanes) is 14. The van der Waals surface area contributed by atoms with Crippen LogP contribution in [-0.2, 0) is 19.1 Å². The molecule has 180 valence electrons. The summed E-state index contributed by atoms with van der Waals surface area (Å²) in [4.78, 5) is 23.4. The van der Waals surface area contributed by atoms with E-state index in [4.69, 9.17) is 14.6 Å². The smallest absolute Gasteiger partial charge is 0.378 e. The minimum absolute atomic E-state index is 0.158. The fourth-order valence-corrected chi connectivity index (χ4v) is 3.73. The highest BCUT2D eigenvalue weighted by Crippen LogP contribution is 2.25. The first-order chi connectivity index (χ1) is 15.0. The van der Waals surface area contributed by atoms with E-state index in [0.29, 0.717) is 6.42 Å². The summed E-state index contributed by atoms with van der Waals surface area (Å²) in [5, 5.41) is 28.3. The highest BCUT2D eigenvalue weighted by molar-refractivity contribution is 5.90. The molecule has 1 rings (SSSR count). The lowest BCUT2D eigenvalue weighted by molar-refractivity contribution is -0.151. The molecule has 0 radical (unpaired) electrons. The summed E-state index contributed by atoms with van der Waals surface area (Å²) in [6.07, 6.45) is 15.8. The number of carbonyl (C=O) groups excluding carboxylic acids is 2. The Kier molecular flexibility index (Phi) is 15.1. The molecule has 0 spiro atoms. The van der Waals surface area contributed by atoms with Crippen molar-refractivity contribution in [3.63, 3.8) is 0 Å². The largest absolute Gasteiger partial charge is 0.499 e. The Morgan fingerprint density at radius 1 is 0.903 bits per heavy atom. The maximum Gasteiger partial charge on any atom is 0.378 e. The third-order valence-corrected chi connectivity index (χ3v) is 5.66. The van der Waals surface area contributed by atoms with Crippen LogP contribution in [0.5, 0.6) is 0 Å². The van der Waals surface area contributed by atoms with Crippen molar-refractivity contribution in [1.29, 1.82) is 0 Å². The maximum atomic E-state index is 12.0. The lowest BCUT2D eigenvalue weighted by Gasteiger charge is -2.17. The Hall–Kier alpha value is -1.60. The van der Waals surface area contributed by atoms with Crippen LogP contribution in [0.1, 0.15) is 110 Å². The molecule has 0 aromatic rings. The predicted octanol–water partition coefficient (Wildman–Crippen LogP) is 4.84. The molecule has 0 fully saturated rings. The van der Waals surface area contributed by atoms with Crippen molar-refractivity contribution in [3.05, 3.63) is 11.5 Å². The Bertz CT molecular complexity index is 544. The predicted molar refractivity (Wildman–Crippen MR) is 118 cm³/mol. The number of carbonyl (C=O) groups is 2. The molecule has 0 saturated carbocycles. The molecule has 0 bridgehead atoms. The molecule has 0 saturated heterocycles. The van der Waals surface area contributed by atoms with Crippen molar-refractivity contribution in [3.8, 4) is 0 Å². The molecule has 0 aliphatic carbocycles. The number of cyclic esters (lactones) is 1. The molecule has 2 atom stereocenters. The second kappa shape index (κ2) is 17.0. The summed E-state index contributed by atoms with van der Waals surface area (Å²) in [6, 6.07) is 0. The summed E-state index contributed by atoms with van der Waals surface area (Å²) in [6.45, 7) is 1.56. The Morgan fingerprint density at radius 3 is 1.81 bits per heavy atom. The van der Waals surface area contributed by atoms with Gasteiger partial charge < -0.3 is 24.8 Å². The molecule has 3 N–H and O–H groups in total. The number of hydrogen-bond acceptors (Lipinski definition) is 7. The van der Waals surface area contributed by atoms with Gasteiger partial charge in [-0.1, -0.05) is 96.8 Å². The van der Waals surface area contributed by atoms with Crippen molar-refractivity contribution in [1.82, 2.24) is 0 Å². The number of ether oxygens (including phenoxy) is 2. The summed E-state index contributed by atoms with van der Waals surface area (Å²) in [5.41, 5.74) is 0. The van der Waals surface area contributed by atoms with Crippen molar-refractivity contribution < 1.29 is 34.4 Å². The van der Waals surface area contributed by atoms with Crippen LogP contribution in [0.2, 0.25) is 0 Å². The van der Waals surface area contributed by atoms with E-state index in [2.05, 4.69) is 6.92 Å². The van der Waals surface area contributed by atoms with E-state index in [9.17, 15) is 19.8 Å². The van der Waals surface area contributed by atoms with Crippen LogP contribution >= 0.6 is 0 Å². The van der Waals surface area contributed by atoms with Gasteiger partial charge in [0.2, 0.25) is 11.5 Å². The van der Waals surface area contributed by atoms with E-state index >= 15 is 0 Å². The van der Waals surface area contributed by atoms with Gasteiger partial charge in [0, 0.05) is 6.42 Å².